The van der Waals surface area contributed by atoms with Crippen LogP contribution in [0.3, 0.4) is 0 Å². The molecule has 0 aromatic carbocycles. The van der Waals surface area contributed by atoms with Gasteiger partial charge in [0.1, 0.15) is 11.8 Å². The molecule has 21 heavy (non-hydrogen) atoms. The lowest BCUT2D eigenvalue weighted by atomic mass is 10.0. The van der Waals surface area contributed by atoms with Gasteiger partial charge in [-0.1, -0.05) is 19.4 Å². The van der Waals surface area contributed by atoms with E-state index in [1.807, 2.05) is 27.2 Å². The normalized spacial score (nSPS) is 20.3. The predicted octanol–water partition coefficient (Wildman–Crippen LogP) is 3.06. The van der Waals surface area contributed by atoms with Gasteiger partial charge in [0.15, 0.2) is 0 Å². The zero-order chi connectivity index (χ0) is 15.2. The fourth-order valence-corrected chi connectivity index (χ4v) is 4.49. The maximum Gasteiger partial charge on any atom is 0.335 e. The van der Waals surface area contributed by atoms with Gasteiger partial charge < -0.3 is 9.29 Å². The Morgan fingerprint density at radius 3 is 3.00 bits per heavy atom. The summed E-state index contributed by atoms with van der Waals surface area (Å²) in [6.45, 7) is 4.76. The number of ether oxygens (including phenoxy) is 1. The fraction of sp³-hybridized carbons (Fsp3) is 0.533. The summed E-state index contributed by atoms with van der Waals surface area (Å²) in [4.78, 5) is 12.1. The molecule has 2 atom stereocenters. The van der Waals surface area contributed by atoms with Crippen molar-refractivity contribution in [3.8, 4) is 0 Å². The van der Waals surface area contributed by atoms with Crippen molar-refractivity contribution in [3.63, 3.8) is 0 Å². The second kappa shape index (κ2) is 7.98. The molecule has 6 heteroatoms. The van der Waals surface area contributed by atoms with Gasteiger partial charge in [-0.15, -0.1) is 4.31 Å². The first kappa shape index (κ1) is 16.5. The summed E-state index contributed by atoms with van der Waals surface area (Å²) in [5.41, 5.74) is 1.63. The lowest BCUT2D eigenvalue weighted by Gasteiger charge is -2.27. The van der Waals surface area contributed by atoms with Gasteiger partial charge in [-0.3, -0.25) is 0 Å². The Kier molecular flexibility index (Phi) is 6.29. The van der Waals surface area contributed by atoms with Crippen LogP contribution in [-0.2, 0) is 20.9 Å². The average molecular weight is 327 g/mol. The van der Waals surface area contributed by atoms with Crippen molar-refractivity contribution in [2.75, 3.05) is 18.9 Å². The molecule has 4 nitrogen and oxygen atoms in total. The average Bonchev–Trinajstić information content (AvgIpc) is 3.12. The van der Waals surface area contributed by atoms with Crippen LogP contribution in [0.4, 0.5) is 0 Å². The van der Waals surface area contributed by atoms with Crippen LogP contribution in [0.1, 0.15) is 38.3 Å². The molecule has 2 heterocycles. The number of hydrogen-bond donors (Lipinski definition) is 0. The van der Waals surface area contributed by atoms with E-state index in [9.17, 15) is 9.35 Å². The minimum Gasteiger partial charge on any atom is -0.598 e. The Morgan fingerprint density at radius 2 is 2.38 bits per heavy atom. The van der Waals surface area contributed by atoms with Gasteiger partial charge in [-0.25, -0.2) is 4.79 Å². The van der Waals surface area contributed by atoms with E-state index >= 15 is 0 Å². The first-order valence-electron chi connectivity index (χ1n) is 7.23. The molecule has 0 fully saturated rings. The van der Waals surface area contributed by atoms with Gasteiger partial charge in [0.25, 0.3) is 0 Å². The Balaban J connectivity index is 2.18. The standard InChI is InChI=1S/C15H21NO3S2/c1-3-5-10-21(18)16-8-6-13(15(17)19-4-2)14(16)12-7-9-20-11-12/h6-7,9,11,14H,3-5,8,10H2,1-2H3/t14-,21?/m0/s1. The van der Waals surface area contributed by atoms with E-state index in [0.717, 1.165) is 18.4 Å². The van der Waals surface area contributed by atoms with E-state index in [0.29, 0.717) is 24.5 Å². The number of esters is 1. The van der Waals surface area contributed by atoms with E-state index < -0.39 is 11.4 Å². The molecule has 2 rings (SSSR count). The third kappa shape index (κ3) is 3.88. The maximum absolute atomic E-state index is 12.5. The van der Waals surface area contributed by atoms with Crippen LogP contribution in [-0.4, -0.2) is 33.7 Å². The van der Waals surface area contributed by atoms with E-state index in [1.54, 1.807) is 18.3 Å². The summed E-state index contributed by atoms with van der Waals surface area (Å²) < 4.78 is 19.5. The molecular weight excluding hydrogens is 306 g/mol. The highest BCUT2D eigenvalue weighted by Gasteiger charge is 2.40. The summed E-state index contributed by atoms with van der Waals surface area (Å²) in [6, 6.07) is 1.74. The number of thiophene rings is 1. The number of carbonyl (C=O) groups is 1. The van der Waals surface area contributed by atoms with Crippen molar-refractivity contribution in [2.24, 2.45) is 0 Å². The topological polar surface area (TPSA) is 52.6 Å². The first-order valence-corrected chi connectivity index (χ1v) is 9.45. The summed E-state index contributed by atoms with van der Waals surface area (Å²) in [6.07, 6.45) is 3.79. The molecule has 1 aliphatic rings. The molecule has 1 aliphatic heterocycles. The third-order valence-corrected chi connectivity index (χ3v) is 5.60. The molecule has 0 saturated heterocycles. The number of hydrogen-bond acceptors (Lipinski definition) is 5. The molecule has 0 N–H and O–H groups in total. The fourth-order valence-electron chi connectivity index (χ4n) is 2.33. The van der Waals surface area contributed by atoms with Crippen molar-refractivity contribution >= 4 is 28.7 Å². The largest absolute Gasteiger partial charge is 0.598 e. The van der Waals surface area contributed by atoms with E-state index in [2.05, 4.69) is 6.92 Å². The number of nitrogens with zero attached hydrogens (tertiary/aromatic N) is 1. The highest BCUT2D eigenvalue weighted by molar-refractivity contribution is 7.89. The minimum atomic E-state index is -1.07. The zero-order valence-corrected chi connectivity index (χ0v) is 14.0. The molecule has 0 aliphatic carbocycles. The number of unbranched alkanes of at least 4 members (excludes halogenated alkanes) is 1. The van der Waals surface area contributed by atoms with Crippen molar-refractivity contribution in [1.29, 1.82) is 0 Å². The molecule has 0 bridgehead atoms. The molecule has 1 unspecified atom stereocenters. The van der Waals surface area contributed by atoms with Crippen LogP contribution in [0.25, 0.3) is 0 Å². The second-order valence-electron chi connectivity index (χ2n) is 4.82. The lowest BCUT2D eigenvalue weighted by molar-refractivity contribution is -0.138. The van der Waals surface area contributed by atoms with E-state index in [1.165, 1.54) is 0 Å². The van der Waals surface area contributed by atoms with E-state index in [4.69, 9.17) is 4.74 Å². The molecule has 0 spiro atoms. The summed E-state index contributed by atoms with van der Waals surface area (Å²) >= 11 is 0.507. The van der Waals surface area contributed by atoms with Gasteiger partial charge in [0.05, 0.1) is 18.7 Å². The quantitative estimate of drug-likeness (QED) is 0.570. The number of carbonyl (C=O) groups excluding carboxylic acids is 1. The van der Waals surface area contributed by atoms with Crippen molar-refractivity contribution in [1.82, 2.24) is 4.31 Å². The highest BCUT2D eigenvalue weighted by Crippen LogP contribution is 2.37. The Bertz CT molecular complexity index is 487. The first-order chi connectivity index (χ1) is 10.2. The zero-order valence-electron chi connectivity index (χ0n) is 12.4. The minimum absolute atomic E-state index is 0.243. The summed E-state index contributed by atoms with van der Waals surface area (Å²) in [5, 5.41) is 3.98. The monoisotopic (exact) mass is 327 g/mol. The molecule has 1 aromatic heterocycles. The van der Waals surface area contributed by atoms with Crippen molar-refractivity contribution < 1.29 is 14.1 Å². The van der Waals surface area contributed by atoms with Crippen LogP contribution in [0, 0.1) is 0 Å². The van der Waals surface area contributed by atoms with Gasteiger partial charge in [0, 0.05) is 11.4 Å². The number of rotatable bonds is 7. The molecule has 0 amide bonds. The van der Waals surface area contributed by atoms with Crippen molar-refractivity contribution in [3.05, 3.63) is 34.0 Å². The molecule has 116 valence electrons. The van der Waals surface area contributed by atoms with Crippen LogP contribution < -0.4 is 0 Å². The lowest BCUT2D eigenvalue weighted by Crippen LogP contribution is -2.35. The molecule has 1 aromatic rings. The van der Waals surface area contributed by atoms with Crippen LogP contribution in [0.15, 0.2) is 28.5 Å². The summed E-state index contributed by atoms with van der Waals surface area (Å²) in [7, 11) is 0. The Morgan fingerprint density at radius 1 is 1.57 bits per heavy atom. The highest BCUT2D eigenvalue weighted by atomic mass is 32.2. The van der Waals surface area contributed by atoms with Crippen LogP contribution in [0.5, 0.6) is 0 Å². The van der Waals surface area contributed by atoms with Crippen LogP contribution >= 0.6 is 11.3 Å². The smallest absolute Gasteiger partial charge is 0.335 e. The van der Waals surface area contributed by atoms with Crippen molar-refractivity contribution in [2.45, 2.75) is 32.7 Å². The van der Waals surface area contributed by atoms with Gasteiger partial charge in [-0.2, -0.15) is 11.3 Å². The molecule has 0 radical (unpaired) electrons. The molecular formula is C15H21NO3S2. The Hall–Kier alpha value is -0.820. The van der Waals surface area contributed by atoms with Gasteiger partial charge in [-0.05, 0) is 35.7 Å². The van der Waals surface area contributed by atoms with Crippen LogP contribution in [0.2, 0.25) is 0 Å². The predicted molar refractivity (Wildman–Crippen MR) is 86.4 cm³/mol. The van der Waals surface area contributed by atoms with Gasteiger partial charge in [0.2, 0.25) is 0 Å². The van der Waals surface area contributed by atoms with Gasteiger partial charge >= 0.3 is 5.97 Å². The third-order valence-electron chi connectivity index (χ3n) is 3.38. The van der Waals surface area contributed by atoms with E-state index in [-0.39, 0.29) is 12.0 Å². The maximum atomic E-state index is 12.5. The second-order valence-corrected chi connectivity index (χ2v) is 7.12. The Labute approximate surface area is 133 Å². The SMILES string of the molecule is CCCC[S+]([O-])N1CC=C(C(=O)OCC)[C@@H]1c1ccsc1. The molecule has 0 saturated carbocycles. The summed E-state index contributed by atoms with van der Waals surface area (Å²) in [5.74, 6) is 0.338.